The first-order chi connectivity index (χ1) is 10.1. The molecule has 0 aliphatic carbocycles. The van der Waals surface area contributed by atoms with Crippen LogP contribution in [-0.4, -0.2) is 42.4 Å². The van der Waals surface area contributed by atoms with Crippen molar-refractivity contribution in [3.8, 4) is 0 Å². The second kappa shape index (κ2) is 7.22. The molecule has 1 heterocycles. The molecular weight excluding hydrogens is 266 g/mol. The molecule has 0 atom stereocenters. The first-order valence-corrected chi connectivity index (χ1v) is 7.45. The predicted octanol–water partition coefficient (Wildman–Crippen LogP) is 0.928. The number of carbonyl (C=O) groups is 2. The molecule has 3 N–H and O–H groups in total. The van der Waals surface area contributed by atoms with E-state index in [0.29, 0.717) is 12.1 Å². The zero-order valence-electron chi connectivity index (χ0n) is 12.5. The van der Waals surface area contributed by atoms with E-state index in [1.807, 2.05) is 29.2 Å². The lowest BCUT2D eigenvalue weighted by molar-refractivity contribution is -0.129. The lowest BCUT2D eigenvalue weighted by atomic mass is 10.0. The molecule has 1 aromatic rings. The molecule has 0 bridgehead atoms. The molecule has 1 aliphatic heterocycles. The van der Waals surface area contributed by atoms with Gasteiger partial charge in [0, 0.05) is 31.6 Å². The van der Waals surface area contributed by atoms with E-state index in [-0.39, 0.29) is 17.9 Å². The maximum atomic E-state index is 12.2. The largest absolute Gasteiger partial charge is 0.349 e. The van der Waals surface area contributed by atoms with Crippen LogP contribution in [-0.2, 0) is 11.2 Å². The fourth-order valence-electron chi connectivity index (χ4n) is 2.60. The zero-order chi connectivity index (χ0) is 15.2. The first kappa shape index (κ1) is 15.5. The van der Waals surface area contributed by atoms with Crippen LogP contribution in [0.1, 0.15) is 35.7 Å². The van der Waals surface area contributed by atoms with E-state index in [0.717, 1.165) is 37.9 Å². The summed E-state index contributed by atoms with van der Waals surface area (Å²) in [6.45, 7) is 3.63. The summed E-state index contributed by atoms with van der Waals surface area (Å²) in [5.74, 6) is 0.0610. The highest BCUT2D eigenvalue weighted by Crippen LogP contribution is 2.12. The van der Waals surface area contributed by atoms with Gasteiger partial charge in [-0.1, -0.05) is 12.1 Å². The van der Waals surface area contributed by atoms with Crippen molar-refractivity contribution < 1.29 is 9.59 Å². The summed E-state index contributed by atoms with van der Waals surface area (Å²) in [4.78, 5) is 25.3. The summed E-state index contributed by atoms with van der Waals surface area (Å²) in [6, 6.07) is 7.72. The van der Waals surface area contributed by atoms with Crippen LogP contribution in [0.4, 0.5) is 0 Å². The SMILES string of the molecule is CC(=O)N1CCC(NC(=O)c2ccc(CCN)cc2)CC1. The first-order valence-electron chi connectivity index (χ1n) is 7.45. The van der Waals surface area contributed by atoms with Gasteiger partial charge in [0.1, 0.15) is 0 Å². The standard InChI is InChI=1S/C16H23N3O2/c1-12(20)19-10-7-15(8-11-19)18-16(21)14-4-2-13(3-5-14)6-9-17/h2-5,15H,6-11,17H2,1H3,(H,18,21). The van der Waals surface area contributed by atoms with Crippen LogP contribution in [0.3, 0.4) is 0 Å². The fourth-order valence-corrected chi connectivity index (χ4v) is 2.60. The number of hydrogen-bond acceptors (Lipinski definition) is 3. The Bertz CT molecular complexity index is 491. The zero-order valence-corrected chi connectivity index (χ0v) is 12.5. The topological polar surface area (TPSA) is 75.4 Å². The van der Waals surface area contributed by atoms with Crippen molar-refractivity contribution >= 4 is 11.8 Å². The van der Waals surface area contributed by atoms with Gasteiger partial charge in [-0.15, -0.1) is 0 Å². The Morgan fingerprint density at radius 2 is 1.86 bits per heavy atom. The van der Waals surface area contributed by atoms with E-state index in [4.69, 9.17) is 5.73 Å². The molecule has 1 saturated heterocycles. The molecule has 21 heavy (non-hydrogen) atoms. The lowest BCUT2D eigenvalue weighted by Gasteiger charge is -2.31. The molecule has 1 aliphatic rings. The van der Waals surface area contributed by atoms with Crippen LogP contribution >= 0.6 is 0 Å². The molecule has 1 aromatic carbocycles. The van der Waals surface area contributed by atoms with Gasteiger partial charge < -0.3 is 16.0 Å². The van der Waals surface area contributed by atoms with Crippen LogP contribution in [0.15, 0.2) is 24.3 Å². The minimum Gasteiger partial charge on any atom is -0.349 e. The van der Waals surface area contributed by atoms with Crippen LogP contribution < -0.4 is 11.1 Å². The van der Waals surface area contributed by atoms with Gasteiger partial charge in [-0.2, -0.15) is 0 Å². The van der Waals surface area contributed by atoms with Crippen LogP contribution in [0.5, 0.6) is 0 Å². The third-order valence-corrected chi connectivity index (χ3v) is 3.92. The Balaban J connectivity index is 1.86. The number of amides is 2. The second-order valence-electron chi connectivity index (χ2n) is 5.49. The molecular formula is C16H23N3O2. The lowest BCUT2D eigenvalue weighted by Crippen LogP contribution is -2.45. The second-order valence-corrected chi connectivity index (χ2v) is 5.49. The van der Waals surface area contributed by atoms with Crippen LogP contribution in [0.25, 0.3) is 0 Å². The molecule has 5 nitrogen and oxygen atoms in total. The molecule has 0 unspecified atom stereocenters. The molecule has 1 fully saturated rings. The van der Waals surface area contributed by atoms with Crippen molar-refractivity contribution in [3.05, 3.63) is 35.4 Å². The minimum absolute atomic E-state index is 0.0458. The molecule has 114 valence electrons. The highest BCUT2D eigenvalue weighted by atomic mass is 16.2. The summed E-state index contributed by atoms with van der Waals surface area (Å²) < 4.78 is 0. The smallest absolute Gasteiger partial charge is 0.251 e. The van der Waals surface area contributed by atoms with Gasteiger partial charge in [-0.25, -0.2) is 0 Å². The molecule has 5 heteroatoms. The monoisotopic (exact) mass is 289 g/mol. The van der Waals surface area contributed by atoms with Gasteiger partial charge >= 0.3 is 0 Å². The maximum absolute atomic E-state index is 12.2. The molecule has 0 spiro atoms. The van der Waals surface area contributed by atoms with Crippen molar-refractivity contribution in [1.29, 1.82) is 0 Å². The van der Waals surface area contributed by atoms with Gasteiger partial charge in [0.2, 0.25) is 5.91 Å². The number of nitrogens with two attached hydrogens (primary N) is 1. The molecule has 0 saturated carbocycles. The number of benzene rings is 1. The Kier molecular flexibility index (Phi) is 5.33. The number of hydrogen-bond donors (Lipinski definition) is 2. The van der Waals surface area contributed by atoms with Crippen LogP contribution in [0, 0.1) is 0 Å². The summed E-state index contributed by atoms with van der Waals surface area (Å²) >= 11 is 0. The minimum atomic E-state index is -0.0458. The summed E-state index contributed by atoms with van der Waals surface area (Å²) in [6.07, 6.45) is 2.46. The van der Waals surface area contributed by atoms with E-state index in [2.05, 4.69) is 5.32 Å². The highest BCUT2D eigenvalue weighted by Gasteiger charge is 2.22. The van der Waals surface area contributed by atoms with Crippen molar-refractivity contribution in [3.63, 3.8) is 0 Å². The van der Waals surface area contributed by atoms with Crippen molar-refractivity contribution in [1.82, 2.24) is 10.2 Å². The van der Waals surface area contributed by atoms with Gasteiger partial charge in [-0.3, -0.25) is 9.59 Å². The number of carbonyl (C=O) groups excluding carboxylic acids is 2. The normalized spacial score (nSPS) is 15.8. The van der Waals surface area contributed by atoms with Gasteiger partial charge in [0.15, 0.2) is 0 Å². The summed E-state index contributed by atoms with van der Waals surface area (Å²) in [5, 5.41) is 3.04. The van der Waals surface area contributed by atoms with Gasteiger partial charge in [0.05, 0.1) is 0 Å². The molecule has 0 aromatic heterocycles. The Morgan fingerprint density at radius 1 is 1.24 bits per heavy atom. The number of likely N-dealkylation sites (tertiary alicyclic amines) is 1. The van der Waals surface area contributed by atoms with E-state index in [9.17, 15) is 9.59 Å². The van der Waals surface area contributed by atoms with Gasteiger partial charge in [-0.05, 0) is 43.5 Å². The quantitative estimate of drug-likeness (QED) is 0.866. The number of rotatable bonds is 4. The average Bonchev–Trinajstić information content (AvgIpc) is 2.49. The Morgan fingerprint density at radius 3 is 2.38 bits per heavy atom. The summed E-state index contributed by atoms with van der Waals surface area (Å²) in [5.41, 5.74) is 7.32. The third kappa shape index (κ3) is 4.29. The van der Waals surface area contributed by atoms with Gasteiger partial charge in [0.25, 0.3) is 5.91 Å². The van der Waals surface area contributed by atoms with E-state index in [1.54, 1.807) is 6.92 Å². The molecule has 2 amide bonds. The number of nitrogens with one attached hydrogen (secondary N) is 1. The number of nitrogens with zero attached hydrogens (tertiary/aromatic N) is 1. The molecule has 0 radical (unpaired) electrons. The Hall–Kier alpha value is -1.88. The summed E-state index contributed by atoms with van der Waals surface area (Å²) in [7, 11) is 0. The van der Waals surface area contributed by atoms with E-state index < -0.39 is 0 Å². The molecule has 2 rings (SSSR count). The Labute approximate surface area is 125 Å². The van der Waals surface area contributed by atoms with Crippen molar-refractivity contribution in [2.45, 2.75) is 32.2 Å². The third-order valence-electron chi connectivity index (χ3n) is 3.92. The fraction of sp³-hybridized carbons (Fsp3) is 0.500. The van der Waals surface area contributed by atoms with Crippen molar-refractivity contribution in [2.24, 2.45) is 5.73 Å². The van der Waals surface area contributed by atoms with Crippen molar-refractivity contribution in [2.75, 3.05) is 19.6 Å². The highest BCUT2D eigenvalue weighted by molar-refractivity contribution is 5.94. The number of piperidine rings is 1. The average molecular weight is 289 g/mol. The maximum Gasteiger partial charge on any atom is 0.251 e. The predicted molar refractivity (Wildman–Crippen MR) is 81.9 cm³/mol. The van der Waals surface area contributed by atoms with E-state index >= 15 is 0 Å². The van der Waals surface area contributed by atoms with Crippen LogP contribution in [0.2, 0.25) is 0 Å². The van der Waals surface area contributed by atoms with E-state index in [1.165, 1.54) is 0 Å².